The molecule has 1 heteroatoms. The zero-order valence-corrected chi connectivity index (χ0v) is 24.6. The van der Waals surface area contributed by atoms with Gasteiger partial charge in [0, 0.05) is 10.8 Å². The maximum atomic E-state index is 9.77. The van der Waals surface area contributed by atoms with Crippen LogP contribution in [0.15, 0.2) is 174 Å². The van der Waals surface area contributed by atoms with Crippen molar-refractivity contribution in [2.45, 2.75) is 0 Å². The summed E-state index contributed by atoms with van der Waals surface area (Å²) in [5.41, 5.74) is 1.26. The first kappa shape index (κ1) is 16.4. The Morgan fingerprint density at radius 2 is 0.936 bits per heavy atom. The third-order valence-electron chi connectivity index (χ3n) is 8.75. The molecule has 1 nitrogen and oxygen atoms in total. The van der Waals surface area contributed by atoms with Gasteiger partial charge in [0.1, 0.15) is 11.2 Å². The SMILES string of the molecule is [2H]c1c([2H])c(-c2cccc3ccccc23)c([2H])c(-c2c3ccccc3c(-c3c([2H])c([2H])c4oc5c([2H])c6c([2H])c([2H])c([2H])c([2H])c6c([2H])c5c4c3[2H])c3ccccc23)c1[2H]. The third kappa shape index (κ3) is 4.03. The highest BCUT2D eigenvalue weighted by molar-refractivity contribution is 6.22. The number of benzene rings is 9. The van der Waals surface area contributed by atoms with E-state index in [9.17, 15) is 8.22 Å². The molecule has 0 unspecified atom stereocenters. The van der Waals surface area contributed by atoms with Crippen LogP contribution in [0.25, 0.3) is 98.4 Å². The van der Waals surface area contributed by atoms with Crippen molar-refractivity contribution in [3.8, 4) is 33.4 Å². The lowest BCUT2D eigenvalue weighted by Gasteiger charge is -2.18. The van der Waals surface area contributed by atoms with Gasteiger partial charge in [0.15, 0.2) is 0 Å². The number of hydrogen-bond acceptors (Lipinski definition) is 1. The van der Waals surface area contributed by atoms with Crippen molar-refractivity contribution < 1.29 is 22.2 Å². The average Bonchev–Trinajstić information content (AvgIpc) is 3.67. The highest BCUT2D eigenvalue weighted by atomic mass is 16.3. The largest absolute Gasteiger partial charge is 0.456 e. The molecule has 10 rings (SSSR count). The van der Waals surface area contributed by atoms with Gasteiger partial charge in [-0.15, -0.1) is 0 Å². The van der Waals surface area contributed by atoms with Gasteiger partial charge < -0.3 is 4.42 Å². The monoisotopic (exact) mass is 609 g/mol. The Kier molecular flexibility index (Phi) is 3.55. The van der Waals surface area contributed by atoms with Gasteiger partial charge in [0.25, 0.3) is 0 Å². The van der Waals surface area contributed by atoms with Crippen molar-refractivity contribution in [3.63, 3.8) is 0 Å². The minimum absolute atomic E-state index is 0.00599. The second kappa shape index (κ2) is 10.2. The first-order valence-electron chi connectivity index (χ1n) is 21.6. The number of hydrogen-bond donors (Lipinski definition) is 0. The van der Waals surface area contributed by atoms with Gasteiger partial charge in [-0.3, -0.25) is 0 Å². The van der Waals surface area contributed by atoms with Gasteiger partial charge in [-0.2, -0.15) is 0 Å². The molecule has 9 aromatic carbocycles. The molecule has 1 aromatic heterocycles. The summed E-state index contributed by atoms with van der Waals surface area (Å²) in [7, 11) is 0. The molecule has 0 N–H and O–H groups in total. The maximum Gasteiger partial charge on any atom is 0.136 e. The zero-order valence-electron chi connectivity index (χ0n) is 37.6. The van der Waals surface area contributed by atoms with Crippen molar-refractivity contribution in [2.75, 3.05) is 0 Å². The lowest BCUT2D eigenvalue weighted by Crippen LogP contribution is -1.91. The molecule has 218 valence electrons. The van der Waals surface area contributed by atoms with E-state index in [1.165, 1.54) is 0 Å². The predicted octanol–water partition coefficient (Wildman–Crippen LogP) is 13.2. The Morgan fingerprint density at radius 3 is 1.66 bits per heavy atom. The van der Waals surface area contributed by atoms with Crippen LogP contribution in [0.5, 0.6) is 0 Å². The quantitative estimate of drug-likeness (QED) is 0.182. The van der Waals surface area contributed by atoms with Crippen LogP contribution in [0, 0.1) is 0 Å². The predicted molar refractivity (Wildman–Crippen MR) is 200 cm³/mol. The average molecular weight is 610 g/mol. The van der Waals surface area contributed by atoms with Crippen molar-refractivity contribution in [1.29, 1.82) is 0 Å². The van der Waals surface area contributed by atoms with Crippen LogP contribution in [0.4, 0.5) is 0 Å². The first-order valence-corrected chi connectivity index (χ1v) is 15.1. The van der Waals surface area contributed by atoms with Gasteiger partial charge >= 0.3 is 0 Å². The van der Waals surface area contributed by atoms with Crippen molar-refractivity contribution in [1.82, 2.24) is 0 Å². The summed E-state index contributed by atoms with van der Waals surface area (Å²) in [6.45, 7) is 0. The summed E-state index contributed by atoms with van der Waals surface area (Å²) in [4.78, 5) is 0. The van der Waals surface area contributed by atoms with Gasteiger partial charge in [0.05, 0.1) is 17.8 Å². The van der Waals surface area contributed by atoms with E-state index >= 15 is 0 Å². The van der Waals surface area contributed by atoms with Crippen molar-refractivity contribution in [3.05, 3.63) is 170 Å². The van der Waals surface area contributed by atoms with Gasteiger partial charge in [0.2, 0.25) is 0 Å². The molecule has 0 saturated heterocycles. The minimum Gasteiger partial charge on any atom is -0.456 e. The zero-order chi connectivity index (χ0) is 42.2. The van der Waals surface area contributed by atoms with Crippen LogP contribution in [0.1, 0.15) is 17.8 Å². The second-order valence-corrected chi connectivity index (χ2v) is 11.4. The van der Waals surface area contributed by atoms with E-state index in [0.29, 0.717) is 38.2 Å². The fraction of sp³-hybridized carbons (Fsp3) is 0. The molecule has 1 heterocycles. The second-order valence-electron chi connectivity index (χ2n) is 11.4. The van der Waals surface area contributed by atoms with E-state index in [-0.39, 0.29) is 85.7 Å². The topological polar surface area (TPSA) is 13.1 Å². The maximum absolute atomic E-state index is 9.77. The molecular weight excluding hydrogens is 569 g/mol. The van der Waals surface area contributed by atoms with Crippen molar-refractivity contribution >= 4 is 65.0 Å². The van der Waals surface area contributed by atoms with E-state index in [4.69, 9.17) is 14.0 Å². The number of fused-ring (bicyclic) bond motifs is 7. The Labute approximate surface area is 290 Å². The van der Waals surface area contributed by atoms with E-state index < -0.39 is 42.3 Å². The molecule has 0 bridgehead atoms. The van der Waals surface area contributed by atoms with E-state index in [1.807, 2.05) is 42.5 Å². The van der Waals surface area contributed by atoms with Gasteiger partial charge in [-0.05, 0) is 107 Å². The van der Waals surface area contributed by atoms with Crippen LogP contribution in [-0.4, -0.2) is 0 Å². The summed E-state index contributed by atoms with van der Waals surface area (Å²) in [6.07, 6.45) is 0. The molecule has 0 amide bonds. The Morgan fingerprint density at radius 1 is 0.362 bits per heavy atom. The van der Waals surface area contributed by atoms with Crippen molar-refractivity contribution in [2.24, 2.45) is 0 Å². The van der Waals surface area contributed by atoms with Gasteiger partial charge in [-0.1, -0.05) is 139 Å². The Bertz CT molecular complexity index is 3530. The standard InChI is InChI=1S/C46H28O/c1-2-13-31-28-44-42(26-30(31)12-1)41-27-34(23-24-43(41)47-44)46-39-20-7-5-18-37(39)45(38-19-6-8-21-40(38)46)33-16-9-15-32(25-33)36-22-10-14-29-11-3-4-17-35(29)36/h1-28H/i1D,2D,9D,12D,13D,15D,16D,23D,24D,25D,26D,27D,28D. The molecular formula is C46H28O. The molecule has 0 spiro atoms. The van der Waals surface area contributed by atoms with E-state index in [1.54, 1.807) is 48.5 Å². The first-order chi connectivity index (χ1) is 28.8. The smallest absolute Gasteiger partial charge is 0.136 e. The lowest BCUT2D eigenvalue weighted by atomic mass is 9.85. The molecule has 0 fully saturated rings. The normalized spacial score (nSPS) is 15.7. The lowest BCUT2D eigenvalue weighted by molar-refractivity contribution is 0.669. The molecule has 0 aliphatic rings. The number of furan rings is 1. The summed E-state index contributed by atoms with van der Waals surface area (Å²) in [6, 6.07) is 22.3. The molecule has 0 aliphatic carbocycles. The molecule has 10 aromatic rings. The van der Waals surface area contributed by atoms with Crippen LogP contribution in [0.3, 0.4) is 0 Å². The molecule has 47 heavy (non-hydrogen) atoms. The third-order valence-corrected chi connectivity index (χ3v) is 8.75. The Balaban J connectivity index is 1.35. The van der Waals surface area contributed by atoms with Crippen LogP contribution in [0.2, 0.25) is 0 Å². The highest BCUT2D eigenvalue weighted by Gasteiger charge is 2.18. The fourth-order valence-electron chi connectivity index (χ4n) is 6.70. The Hall–Kier alpha value is -6.18. The van der Waals surface area contributed by atoms with E-state index in [0.717, 1.165) is 10.8 Å². The summed E-state index contributed by atoms with van der Waals surface area (Å²) in [5, 5.41) is 3.12. The molecule has 0 atom stereocenters. The molecule has 0 aliphatic heterocycles. The summed E-state index contributed by atoms with van der Waals surface area (Å²) >= 11 is 0. The molecule has 0 radical (unpaired) electrons. The van der Waals surface area contributed by atoms with E-state index in [2.05, 4.69) is 0 Å². The number of rotatable bonds is 3. The fourth-order valence-corrected chi connectivity index (χ4v) is 6.70. The summed E-state index contributed by atoms with van der Waals surface area (Å²) in [5.74, 6) is 0. The van der Waals surface area contributed by atoms with Crippen LogP contribution in [-0.2, 0) is 0 Å². The minimum atomic E-state index is -0.585. The summed E-state index contributed by atoms with van der Waals surface area (Å²) < 4.78 is 124. The van der Waals surface area contributed by atoms with Crippen LogP contribution < -0.4 is 0 Å². The highest BCUT2D eigenvalue weighted by Crippen LogP contribution is 2.45. The molecule has 0 saturated carbocycles. The van der Waals surface area contributed by atoms with Gasteiger partial charge in [-0.25, -0.2) is 0 Å². The van der Waals surface area contributed by atoms with Crippen LogP contribution >= 0.6 is 0 Å².